The van der Waals surface area contributed by atoms with Gasteiger partial charge in [-0.3, -0.25) is 4.79 Å². The average molecular weight is 239 g/mol. The van der Waals surface area contributed by atoms with Gasteiger partial charge in [0.2, 0.25) is 5.91 Å². The second kappa shape index (κ2) is 4.63. The molecule has 0 aromatic heterocycles. The maximum absolute atomic E-state index is 11.0. The highest BCUT2D eigenvalue weighted by atomic mass is 79.9. The molecule has 0 heterocycles. The van der Waals surface area contributed by atoms with E-state index in [1.807, 2.05) is 12.1 Å². The van der Waals surface area contributed by atoms with Crippen molar-refractivity contribution in [3.63, 3.8) is 0 Å². The molecule has 1 rings (SSSR count). The minimum atomic E-state index is -0.291. The van der Waals surface area contributed by atoms with E-state index < -0.39 is 0 Å². The van der Waals surface area contributed by atoms with Crippen LogP contribution in [0.25, 0.3) is 0 Å². The van der Waals surface area contributed by atoms with Gasteiger partial charge >= 0.3 is 0 Å². The summed E-state index contributed by atoms with van der Waals surface area (Å²) >= 11 is 3.27. The largest absolute Gasteiger partial charge is 0.325 e. The zero-order valence-corrected chi connectivity index (χ0v) is 8.34. The van der Waals surface area contributed by atoms with E-state index in [1.165, 1.54) is 0 Å². The van der Waals surface area contributed by atoms with Crippen molar-refractivity contribution in [1.82, 2.24) is 0 Å². The predicted octanol–water partition coefficient (Wildman–Crippen LogP) is 2.30. The molecule has 1 aromatic rings. The zero-order chi connectivity index (χ0) is 9.68. The molecule has 1 N–H and O–H groups in total. The van der Waals surface area contributed by atoms with Crippen molar-refractivity contribution in [2.24, 2.45) is 0 Å². The van der Waals surface area contributed by atoms with Crippen LogP contribution in [0.3, 0.4) is 0 Å². The van der Waals surface area contributed by atoms with E-state index in [2.05, 4.69) is 21.2 Å². The minimum absolute atomic E-state index is 0.119. The van der Waals surface area contributed by atoms with Crippen molar-refractivity contribution < 1.29 is 4.79 Å². The van der Waals surface area contributed by atoms with Crippen LogP contribution < -0.4 is 5.32 Å². The Balaban J connectivity index is 2.65. The molecule has 0 aliphatic rings. The van der Waals surface area contributed by atoms with Crippen molar-refractivity contribution in [3.05, 3.63) is 28.7 Å². The molecular formula is C9H7BrN2O. The van der Waals surface area contributed by atoms with Crippen LogP contribution in [0.4, 0.5) is 5.69 Å². The number of hydrogen-bond donors (Lipinski definition) is 1. The molecule has 0 aliphatic carbocycles. The van der Waals surface area contributed by atoms with Crippen molar-refractivity contribution in [3.8, 4) is 6.07 Å². The van der Waals surface area contributed by atoms with E-state index in [-0.39, 0.29) is 12.3 Å². The second-order valence-electron chi connectivity index (χ2n) is 2.39. The summed E-state index contributed by atoms with van der Waals surface area (Å²) in [6, 6.07) is 8.99. The van der Waals surface area contributed by atoms with Crippen LogP contribution in [-0.4, -0.2) is 5.91 Å². The van der Waals surface area contributed by atoms with Gasteiger partial charge in [0.15, 0.2) is 0 Å². The van der Waals surface area contributed by atoms with Crippen LogP contribution in [0.5, 0.6) is 0 Å². The molecule has 0 saturated heterocycles. The smallest absolute Gasteiger partial charge is 0.238 e. The Bertz CT molecular complexity index is 357. The summed E-state index contributed by atoms with van der Waals surface area (Å²) in [5, 5.41) is 10.8. The Morgan fingerprint density at radius 2 is 2.38 bits per heavy atom. The fraction of sp³-hybridized carbons (Fsp3) is 0.111. The van der Waals surface area contributed by atoms with Crippen LogP contribution in [0, 0.1) is 11.3 Å². The molecule has 3 nitrogen and oxygen atoms in total. The fourth-order valence-electron chi connectivity index (χ4n) is 0.843. The molecule has 1 aromatic carbocycles. The molecule has 0 fully saturated rings. The molecule has 4 heteroatoms. The lowest BCUT2D eigenvalue weighted by Crippen LogP contribution is -2.09. The third-order valence-corrected chi connectivity index (χ3v) is 1.84. The van der Waals surface area contributed by atoms with Crippen molar-refractivity contribution in [1.29, 1.82) is 5.26 Å². The Labute approximate surface area is 84.5 Å². The predicted molar refractivity (Wildman–Crippen MR) is 53.0 cm³/mol. The van der Waals surface area contributed by atoms with Crippen LogP contribution in [-0.2, 0) is 4.79 Å². The summed E-state index contributed by atoms with van der Waals surface area (Å²) in [5.74, 6) is -0.291. The highest BCUT2D eigenvalue weighted by molar-refractivity contribution is 9.10. The van der Waals surface area contributed by atoms with Crippen LogP contribution in [0.15, 0.2) is 28.7 Å². The first-order valence-electron chi connectivity index (χ1n) is 3.65. The van der Waals surface area contributed by atoms with E-state index in [9.17, 15) is 4.79 Å². The molecule has 66 valence electrons. The van der Waals surface area contributed by atoms with E-state index in [1.54, 1.807) is 18.2 Å². The lowest BCUT2D eigenvalue weighted by Gasteiger charge is -2.01. The summed E-state index contributed by atoms with van der Waals surface area (Å²) in [6.45, 7) is 0. The number of carbonyl (C=O) groups excluding carboxylic acids is 1. The van der Waals surface area contributed by atoms with Gasteiger partial charge in [0, 0.05) is 10.2 Å². The van der Waals surface area contributed by atoms with Gasteiger partial charge in [0.05, 0.1) is 6.07 Å². The number of nitrogens with zero attached hydrogens (tertiary/aromatic N) is 1. The van der Waals surface area contributed by atoms with E-state index in [0.29, 0.717) is 5.69 Å². The maximum atomic E-state index is 11.0. The van der Waals surface area contributed by atoms with Gasteiger partial charge < -0.3 is 5.32 Å². The van der Waals surface area contributed by atoms with Gasteiger partial charge in [-0.25, -0.2) is 0 Å². The standard InChI is InChI=1S/C9H7BrN2O/c10-7-2-1-3-8(6-7)12-9(13)4-5-11/h1-3,6H,4H2,(H,12,13). The van der Waals surface area contributed by atoms with Gasteiger partial charge in [0.25, 0.3) is 0 Å². The van der Waals surface area contributed by atoms with Crippen molar-refractivity contribution in [2.45, 2.75) is 6.42 Å². The van der Waals surface area contributed by atoms with Gasteiger partial charge in [-0.15, -0.1) is 0 Å². The summed E-state index contributed by atoms with van der Waals surface area (Å²) in [6.07, 6.45) is -0.119. The number of nitrogens with one attached hydrogen (secondary N) is 1. The topological polar surface area (TPSA) is 52.9 Å². The number of rotatable bonds is 2. The van der Waals surface area contributed by atoms with Gasteiger partial charge in [-0.2, -0.15) is 5.26 Å². The molecule has 1 amide bonds. The average Bonchev–Trinajstić information content (AvgIpc) is 2.04. The molecule has 0 spiro atoms. The van der Waals surface area contributed by atoms with E-state index >= 15 is 0 Å². The number of carbonyl (C=O) groups is 1. The molecule has 0 aliphatic heterocycles. The summed E-state index contributed by atoms with van der Waals surface area (Å²) in [7, 11) is 0. The van der Waals surface area contributed by atoms with Crippen molar-refractivity contribution >= 4 is 27.5 Å². The maximum Gasteiger partial charge on any atom is 0.238 e. The number of hydrogen-bond acceptors (Lipinski definition) is 2. The quantitative estimate of drug-likeness (QED) is 0.860. The normalized spacial score (nSPS) is 8.92. The highest BCUT2D eigenvalue weighted by Gasteiger charge is 2.00. The zero-order valence-electron chi connectivity index (χ0n) is 6.75. The molecule has 13 heavy (non-hydrogen) atoms. The molecule has 0 atom stereocenters. The minimum Gasteiger partial charge on any atom is -0.325 e. The number of halogens is 1. The SMILES string of the molecule is N#CCC(=O)Nc1cccc(Br)c1. The summed E-state index contributed by atoms with van der Waals surface area (Å²) in [4.78, 5) is 11.0. The lowest BCUT2D eigenvalue weighted by molar-refractivity contribution is -0.115. The molecular weight excluding hydrogens is 232 g/mol. The first-order valence-corrected chi connectivity index (χ1v) is 4.44. The Morgan fingerprint density at radius 1 is 1.62 bits per heavy atom. The Morgan fingerprint density at radius 3 is 3.00 bits per heavy atom. The van der Waals surface area contributed by atoms with E-state index in [4.69, 9.17) is 5.26 Å². The molecule has 0 bridgehead atoms. The van der Waals surface area contributed by atoms with Crippen molar-refractivity contribution in [2.75, 3.05) is 5.32 Å². The van der Waals surface area contributed by atoms with Crippen LogP contribution in [0.1, 0.15) is 6.42 Å². The monoisotopic (exact) mass is 238 g/mol. The van der Waals surface area contributed by atoms with Gasteiger partial charge in [-0.05, 0) is 18.2 Å². The Kier molecular flexibility index (Phi) is 3.47. The van der Waals surface area contributed by atoms with E-state index in [0.717, 1.165) is 4.47 Å². The number of amides is 1. The fourth-order valence-corrected chi connectivity index (χ4v) is 1.24. The molecule has 0 radical (unpaired) electrons. The van der Waals surface area contributed by atoms with Gasteiger partial charge in [-0.1, -0.05) is 22.0 Å². The molecule has 0 unspecified atom stereocenters. The first-order chi connectivity index (χ1) is 6.22. The van der Waals surface area contributed by atoms with Crippen LogP contribution >= 0.6 is 15.9 Å². The third kappa shape index (κ3) is 3.26. The number of benzene rings is 1. The summed E-state index contributed by atoms with van der Waals surface area (Å²) in [5.41, 5.74) is 0.689. The number of nitriles is 1. The first kappa shape index (κ1) is 9.75. The second-order valence-corrected chi connectivity index (χ2v) is 3.31. The van der Waals surface area contributed by atoms with Gasteiger partial charge in [0.1, 0.15) is 6.42 Å². The number of anilines is 1. The highest BCUT2D eigenvalue weighted by Crippen LogP contribution is 2.15. The third-order valence-electron chi connectivity index (χ3n) is 1.35. The summed E-state index contributed by atoms with van der Waals surface area (Å²) < 4.78 is 0.891. The van der Waals surface area contributed by atoms with Crippen LogP contribution in [0.2, 0.25) is 0 Å². The Hall–Kier alpha value is -1.34. The lowest BCUT2D eigenvalue weighted by atomic mass is 10.3. The molecule has 0 saturated carbocycles.